The molecule has 0 spiro atoms. The molecule has 1 aromatic carbocycles. The van der Waals surface area contributed by atoms with E-state index in [1.807, 2.05) is 26.0 Å². The molecule has 1 aromatic rings. The van der Waals surface area contributed by atoms with Crippen molar-refractivity contribution in [2.75, 3.05) is 13.2 Å². The number of azide groups is 1. The predicted octanol–water partition coefficient (Wildman–Crippen LogP) is 3.37. The van der Waals surface area contributed by atoms with Crippen molar-refractivity contribution in [3.63, 3.8) is 0 Å². The van der Waals surface area contributed by atoms with Gasteiger partial charge in [0.2, 0.25) is 0 Å². The van der Waals surface area contributed by atoms with Gasteiger partial charge in [0, 0.05) is 17.9 Å². The van der Waals surface area contributed by atoms with Crippen molar-refractivity contribution in [1.29, 1.82) is 0 Å². The number of benzene rings is 1. The third-order valence-corrected chi connectivity index (χ3v) is 3.84. The molecule has 1 saturated heterocycles. The molecular formula is C16H21N3O4. The highest BCUT2D eigenvalue weighted by atomic mass is 16.7. The first-order chi connectivity index (χ1) is 11.0. The molecule has 7 heteroatoms. The third-order valence-electron chi connectivity index (χ3n) is 3.84. The molecular weight excluding hydrogens is 298 g/mol. The van der Waals surface area contributed by atoms with Gasteiger partial charge in [-0.1, -0.05) is 22.8 Å². The van der Waals surface area contributed by atoms with E-state index in [4.69, 9.17) is 19.7 Å². The van der Waals surface area contributed by atoms with Crippen LogP contribution in [0.4, 0.5) is 0 Å². The normalized spacial score (nSPS) is 26.6. The van der Waals surface area contributed by atoms with Crippen molar-refractivity contribution in [3.05, 3.63) is 45.8 Å². The van der Waals surface area contributed by atoms with Gasteiger partial charge in [-0.2, -0.15) is 0 Å². The van der Waals surface area contributed by atoms with E-state index in [0.717, 1.165) is 5.56 Å². The molecule has 2 rings (SSSR count). The fraction of sp³-hybridized carbons (Fsp3) is 0.562. The number of hydrogen-bond acceptors (Lipinski definition) is 5. The summed E-state index contributed by atoms with van der Waals surface area (Å²) >= 11 is 0. The van der Waals surface area contributed by atoms with Gasteiger partial charge >= 0.3 is 5.97 Å². The Labute approximate surface area is 135 Å². The van der Waals surface area contributed by atoms with E-state index in [1.54, 1.807) is 19.1 Å². The minimum atomic E-state index is -0.896. The summed E-state index contributed by atoms with van der Waals surface area (Å²) in [4.78, 5) is 15.0. The van der Waals surface area contributed by atoms with E-state index in [1.165, 1.54) is 0 Å². The van der Waals surface area contributed by atoms with Crippen molar-refractivity contribution in [2.45, 2.75) is 45.1 Å². The summed E-state index contributed by atoms with van der Waals surface area (Å²) in [6.45, 7) is 6.05. The first kappa shape index (κ1) is 17.3. The Hall–Kier alpha value is -2.08. The Balaban J connectivity index is 2.02. The van der Waals surface area contributed by atoms with Gasteiger partial charge in [-0.25, -0.2) is 4.79 Å². The Bertz CT molecular complexity index is 598. The molecule has 3 atom stereocenters. The number of hydrogen-bond donors (Lipinski definition) is 0. The molecule has 23 heavy (non-hydrogen) atoms. The Morgan fingerprint density at radius 2 is 2.17 bits per heavy atom. The minimum Gasteiger partial charge on any atom is -0.459 e. The lowest BCUT2D eigenvalue weighted by Crippen LogP contribution is -2.40. The van der Waals surface area contributed by atoms with Crippen LogP contribution >= 0.6 is 0 Å². The molecule has 0 N–H and O–H groups in total. The molecule has 124 valence electrons. The van der Waals surface area contributed by atoms with Crippen molar-refractivity contribution in [3.8, 4) is 0 Å². The summed E-state index contributed by atoms with van der Waals surface area (Å²) in [5, 5.41) is 3.76. The molecule has 1 aliphatic heterocycles. The van der Waals surface area contributed by atoms with Gasteiger partial charge < -0.3 is 14.2 Å². The molecule has 0 amide bonds. The average Bonchev–Trinajstić information content (AvgIpc) is 2.83. The zero-order chi connectivity index (χ0) is 16.9. The molecule has 7 nitrogen and oxygen atoms in total. The molecule has 0 saturated carbocycles. The number of carbonyl (C=O) groups is 1. The summed E-state index contributed by atoms with van der Waals surface area (Å²) in [6.07, 6.45) is -0.0187. The maximum absolute atomic E-state index is 12.1. The summed E-state index contributed by atoms with van der Waals surface area (Å²) in [5.41, 5.74) is 9.35. The van der Waals surface area contributed by atoms with Crippen molar-refractivity contribution < 1.29 is 19.0 Å². The molecule has 1 fully saturated rings. The Morgan fingerprint density at radius 3 is 2.78 bits per heavy atom. The highest BCUT2D eigenvalue weighted by Gasteiger charge is 2.46. The molecule has 1 aliphatic rings. The summed E-state index contributed by atoms with van der Waals surface area (Å²) < 4.78 is 16.6. The van der Waals surface area contributed by atoms with E-state index < -0.39 is 23.9 Å². The van der Waals surface area contributed by atoms with Gasteiger partial charge in [0.1, 0.15) is 12.2 Å². The fourth-order valence-corrected chi connectivity index (χ4v) is 2.49. The van der Waals surface area contributed by atoms with Crippen LogP contribution in [0.5, 0.6) is 0 Å². The highest BCUT2D eigenvalue weighted by molar-refractivity contribution is 5.89. The monoisotopic (exact) mass is 319 g/mol. The first-order valence-corrected chi connectivity index (χ1v) is 7.56. The quantitative estimate of drug-likeness (QED) is 0.348. The second-order valence-electron chi connectivity index (χ2n) is 5.71. The van der Waals surface area contributed by atoms with Crippen molar-refractivity contribution in [1.82, 2.24) is 0 Å². The SMILES string of the molecule is CCOC1C[C@H](N=[N+]=[N-])[C@@](C)(COC(=O)c2ccc(C)cc2)O1. The smallest absolute Gasteiger partial charge is 0.338 e. The van der Waals surface area contributed by atoms with E-state index in [9.17, 15) is 4.79 Å². The topological polar surface area (TPSA) is 93.5 Å². The van der Waals surface area contributed by atoms with Gasteiger partial charge in [-0.15, -0.1) is 0 Å². The predicted molar refractivity (Wildman–Crippen MR) is 83.9 cm³/mol. The zero-order valence-electron chi connectivity index (χ0n) is 13.6. The molecule has 0 bridgehead atoms. The second-order valence-corrected chi connectivity index (χ2v) is 5.71. The highest BCUT2D eigenvalue weighted by Crippen LogP contribution is 2.34. The van der Waals surface area contributed by atoms with E-state index in [0.29, 0.717) is 18.6 Å². The van der Waals surface area contributed by atoms with E-state index >= 15 is 0 Å². The van der Waals surface area contributed by atoms with Gasteiger partial charge in [-0.3, -0.25) is 0 Å². The standard InChI is InChI=1S/C16H21N3O4/c1-4-21-14-9-13(18-19-17)16(3,23-14)10-22-15(20)12-7-5-11(2)6-8-12/h5-8,13-14H,4,9-10H2,1-3H3/t13-,14?,16+/m0/s1. The van der Waals surface area contributed by atoms with Gasteiger partial charge in [0.15, 0.2) is 6.29 Å². The summed E-state index contributed by atoms with van der Waals surface area (Å²) in [7, 11) is 0. The molecule has 0 aliphatic carbocycles. The van der Waals surface area contributed by atoms with Gasteiger partial charge in [0.25, 0.3) is 0 Å². The number of carbonyl (C=O) groups excluding carboxylic acids is 1. The third kappa shape index (κ3) is 4.22. The van der Waals surface area contributed by atoms with Crippen molar-refractivity contribution in [2.24, 2.45) is 5.11 Å². The Kier molecular flexibility index (Phi) is 5.60. The average molecular weight is 319 g/mol. The lowest BCUT2D eigenvalue weighted by atomic mass is 9.98. The maximum atomic E-state index is 12.1. The summed E-state index contributed by atoms with van der Waals surface area (Å²) in [5.74, 6) is -0.436. The van der Waals surface area contributed by atoms with Crippen LogP contribution in [0.2, 0.25) is 0 Å². The van der Waals surface area contributed by atoms with Gasteiger partial charge in [-0.05, 0) is 38.4 Å². The van der Waals surface area contributed by atoms with Crippen LogP contribution in [0.3, 0.4) is 0 Å². The first-order valence-electron chi connectivity index (χ1n) is 7.56. The van der Waals surface area contributed by atoms with Crippen molar-refractivity contribution >= 4 is 5.97 Å². The summed E-state index contributed by atoms with van der Waals surface area (Å²) in [6, 6.07) is 6.67. The number of ether oxygens (including phenoxy) is 3. The molecule has 1 unspecified atom stereocenters. The number of aryl methyl sites for hydroxylation is 1. The molecule has 0 radical (unpaired) electrons. The fourth-order valence-electron chi connectivity index (χ4n) is 2.49. The minimum absolute atomic E-state index is 0.00697. The maximum Gasteiger partial charge on any atom is 0.338 e. The van der Waals surface area contributed by atoms with Crippen LogP contribution in [0.25, 0.3) is 10.4 Å². The zero-order valence-corrected chi connectivity index (χ0v) is 13.6. The van der Waals surface area contributed by atoms with Crippen LogP contribution in [-0.2, 0) is 14.2 Å². The van der Waals surface area contributed by atoms with Crippen LogP contribution < -0.4 is 0 Å². The number of esters is 1. The van der Waals surface area contributed by atoms with E-state index in [-0.39, 0.29) is 6.61 Å². The van der Waals surface area contributed by atoms with Crippen LogP contribution in [0, 0.1) is 6.92 Å². The lowest BCUT2D eigenvalue weighted by Gasteiger charge is -2.27. The van der Waals surface area contributed by atoms with Crippen LogP contribution in [0.15, 0.2) is 29.4 Å². The largest absolute Gasteiger partial charge is 0.459 e. The number of nitrogens with zero attached hydrogens (tertiary/aromatic N) is 3. The van der Waals surface area contributed by atoms with Crippen LogP contribution in [0.1, 0.15) is 36.2 Å². The van der Waals surface area contributed by atoms with Gasteiger partial charge in [0.05, 0.1) is 11.6 Å². The van der Waals surface area contributed by atoms with Crippen LogP contribution in [-0.4, -0.2) is 37.1 Å². The Morgan fingerprint density at radius 1 is 1.48 bits per heavy atom. The molecule has 0 aromatic heterocycles. The second kappa shape index (κ2) is 7.46. The molecule has 1 heterocycles. The number of rotatable bonds is 6. The lowest BCUT2D eigenvalue weighted by molar-refractivity contribution is -0.172. The van der Waals surface area contributed by atoms with E-state index in [2.05, 4.69) is 10.0 Å².